The van der Waals surface area contributed by atoms with Gasteiger partial charge in [0, 0.05) is 13.1 Å². The van der Waals surface area contributed by atoms with Crippen molar-refractivity contribution in [2.45, 2.75) is 13.1 Å². The van der Waals surface area contributed by atoms with E-state index >= 15 is 0 Å². The van der Waals surface area contributed by atoms with Gasteiger partial charge in [-0.25, -0.2) is 0 Å². The van der Waals surface area contributed by atoms with Crippen LogP contribution in [-0.4, -0.2) is 0 Å². The van der Waals surface area contributed by atoms with E-state index in [1.807, 2.05) is 12.1 Å². The molecule has 0 aliphatic rings. The number of nitriles is 1. The first-order valence-corrected chi connectivity index (χ1v) is 3.74. The van der Waals surface area contributed by atoms with Gasteiger partial charge in [0.25, 0.3) is 0 Å². The van der Waals surface area contributed by atoms with Crippen molar-refractivity contribution < 1.29 is 0 Å². The van der Waals surface area contributed by atoms with Gasteiger partial charge in [0.2, 0.25) is 0 Å². The van der Waals surface area contributed by atoms with E-state index < -0.39 is 0 Å². The molecule has 4 N–H and O–H groups in total. The van der Waals surface area contributed by atoms with Gasteiger partial charge >= 0.3 is 0 Å². The van der Waals surface area contributed by atoms with Crippen molar-refractivity contribution in [3.05, 3.63) is 34.9 Å². The van der Waals surface area contributed by atoms with Crippen LogP contribution in [0.3, 0.4) is 0 Å². The molecule has 0 saturated heterocycles. The minimum atomic E-state index is 0.397. The average molecular weight is 161 g/mol. The number of nitrogens with two attached hydrogens (primary N) is 2. The first kappa shape index (κ1) is 8.72. The van der Waals surface area contributed by atoms with Gasteiger partial charge < -0.3 is 11.5 Å². The molecule has 0 aromatic heterocycles. The maximum atomic E-state index is 8.72. The van der Waals surface area contributed by atoms with E-state index in [1.165, 1.54) is 0 Å². The Hall–Kier alpha value is -1.37. The molecule has 62 valence electrons. The second-order valence-electron chi connectivity index (χ2n) is 2.51. The second-order valence-corrected chi connectivity index (χ2v) is 2.51. The Labute approximate surface area is 71.6 Å². The van der Waals surface area contributed by atoms with Gasteiger partial charge in [-0.2, -0.15) is 5.26 Å². The zero-order chi connectivity index (χ0) is 8.97. The van der Waals surface area contributed by atoms with Crippen molar-refractivity contribution in [2.24, 2.45) is 11.5 Å². The standard InChI is InChI=1S/C9H11N3/c10-4-7-1-2-8(5-11)9(3-7)6-12/h1-3H,4-5,10-11H2. The van der Waals surface area contributed by atoms with Crippen LogP contribution in [0, 0.1) is 11.3 Å². The monoisotopic (exact) mass is 161 g/mol. The molecule has 0 unspecified atom stereocenters. The van der Waals surface area contributed by atoms with E-state index in [-0.39, 0.29) is 0 Å². The van der Waals surface area contributed by atoms with Crippen LogP contribution in [0.25, 0.3) is 0 Å². The van der Waals surface area contributed by atoms with Crippen molar-refractivity contribution in [1.29, 1.82) is 5.26 Å². The summed E-state index contributed by atoms with van der Waals surface area (Å²) < 4.78 is 0. The molecule has 3 nitrogen and oxygen atoms in total. The van der Waals surface area contributed by atoms with Crippen LogP contribution in [-0.2, 0) is 13.1 Å². The normalized spacial score (nSPS) is 9.42. The summed E-state index contributed by atoms with van der Waals surface area (Å²) in [5.41, 5.74) is 13.3. The lowest BCUT2D eigenvalue weighted by Gasteiger charge is -2.02. The average Bonchev–Trinajstić information content (AvgIpc) is 2.16. The van der Waals surface area contributed by atoms with Crippen LogP contribution >= 0.6 is 0 Å². The molecule has 0 spiro atoms. The summed E-state index contributed by atoms with van der Waals surface area (Å²) in [6.45, 7) is 0.854. The van der Waals surface area contributed by atoms with Crippen LogP contribution in [0.4, 0.5) is 0 Å². The van der Waals surface area contributed by atoms with Gasteiger partial charge in [0.1, 0.15) is 0 Å². The first-order chi connectivity index (χ1) is 5.81. The second kappa shape index (κ2) is 3.86. The van der Waals surface area contributed by atoms with Crippen molar-refractivity contribution in [3.8, 4) is 6.07 Å². The van der Waals surface area contributed by atoms with Crippen LogP contribution < -0.4 is 11.5 Å². The third-order valence-electron chi connectivity index (χ3n) is 1.75. The van der Waals surface area contributed by atoms with Crippen LogP contribution in [0.1, 0.15) is 16.7 Å². The minimum Gasteiger partial charge on any atom is -0.326 e. The molecule has 0 aliphatic heterocycles. The van der Waals surface area contributed by atoms with Crippen molar-refractivity contribution in [3.63, 3.8) is 0 Å². The maximum absolute atomic E-state index is 8.72. The molecule has 1 rings (SSSR count). The molecule has 0 radical (unpaired) electrons. The van der Waals surface area contributed by atoms with E-state index in [0.717, 1.165) is 11.1 Å². The summed E-state index contributed by atoms with van der Waals surface area (Å²) in [7, 11) is 0. The SMILES string of the molecule is N#Cc1cc(CN)ccc1CN. The molecular weight excluding hydrogens is 150 g/mol. The molecule has 0 bridgehead atoms. The van der Waals surface area contributed by atoms with E-state index in [2.05, 4.69) is 6.07 Å². The van der Waals surface area contributed by atoms with E-state index in [4.69, 9.17) is 16.7 Å². The van der Waals surface area contributed by atoms with Crippen molar-refractivity contribution >= 4 is 0 Å². The van der Waals surface area contributed by atoms with E-state index in [1.54, 1.807) is 6.07 Å². The van der Waals surface area contributed by atoms with E-state index in [0.29, 0.717) is 18.7 Å². The van der Waals surface area contributed by atoms with Crippen molar-refractivity contribution in [2.75, 3.05) is 0 Å². The molecular formula is C9H11N3. The summed E-state index contributed by atoms with van der Waals surface area (Å²) in [6.07, 6.45) is 0. The number of nitrogens with zero attached hydrogens (tertiary/aromatic N) is 1. The Morgan fingerprint density at radius 1 is 1.25 bits per heavy atom. The Morgan fingerprint density at radius 3 is 2.50 bits per heavy atom. The molecule has 0 amide bonds. The molecule has 0 aliphatic carbocycles. The van der Waals surface area contributed by atoms with Crippen LogP contribution in [0.15, 0.2) is 18.2 Å². The van der Waals surface area contributed by atoms with Gasteiger partial charge in [0.05, 0.1) is 11.6 Å². The third kappa shape index (κ3) is 1.62. The Morgan fingerprint density at radius 2 is 2.00 bits per heavy atom. The molecule has 3 heteroatoms. The zero-order valence-corrected chi connectivity index (χ0v) is 6.75. The molecule has 0 fully saturated rings. The van der Waals surface area contributed by atoms with Gasteiger partial charge in [-0.3, -0.25) is 0 Å². The molecule has 12 heavy (non-hydrogen) atoms. The molecule has 0 heterocycles. The minimum absolute atomic E-state index is 0.397. The fraction of sp³-hybridized carbons (Fsp3) is 0.222. The first-order valence-electron chi connectivity index (χ1n) is 3.74. The summed E-state index contributed by atoms with van der Waals surface area (Å²) in [5.74, 6) is 0. The fourth-order valence-corrected chi connectivity index (χ4v) is 1.03. The molecule has 1 aromatic rings. The molecule has 0 atom stereocenters. The van der Waals surface area contributed by atoms with Crippen LogP contribution in [0.2, 0.25) is 0 Å². The lowest BCUT2D eigenvalue weighted by molar-refractivity contribution is 1.03. The highest BCUT2D eigenvalue weighted by Crippen LogP contribution is 2.09. The zero-order valence-electron chi connectivity index (χ0n) is 6.75. The largest absolute Gasteiger partial charge is 0.326 e. The lowest BCUT2D eigenvalue weighted by Crippen LogP contribution is -2.02. The summed E-state index contributed by atoms with van der Waals surface area (Å²) in [4.78, 5) is 0. The topological polar surface area (TPSA) is 75.8 Å². The maximum Gasteiger partial charge on any atom is 0.0995 e. The molecule has 0 saturated carbocycles. The summed E-state index contributed by atoms with van der Waals surface area (Å²) >= 11 is 0. The number of hydrogen-bond donors (Lipinski definition) is 2. The Balaban J connectivity index is 3.13. The highest BCUT2D eigenvalue weighted by atomic mass is 14.5. The number of hydrogen-bond acceptors (Lipinski definition) is 3. The van der Waals surface area contributed by atoms with Gasteiger partial charge in [0.15, 0.2) is 0 Å². The Bertz CT molecular complexity index is 312. The predicted molar refractivity (Wildman–Crippen MR) is 46.9 cm³/mol. The third-order valence-corrected chi connectivity index (χ3v) is 1.75. The smallest absolute Gasteiger partial charge is 0.0995 e. The van der Waals surface area contributed by atoms with Gasteiger partial charge in [-0.15, -0.1) is 0 Å². The number of rotatable bonds is 2. The highest BCUT2D eigenvalue weighted by Gasteiger charge is 1.99. The quantitative estimate of drug-likeness (QED) is 0.662. The van der Waals surface area contributed by atoms with Crippen molar-refractivity contribution in [1.82, 2.24) is 0 Å². The van der Waals surface area contributed by atoms with Gasteiger partial charge in [-0.1, -0.05) is 12.1 Å². The van der Waals surface area contributed by atoms with Gasteiger partial charge in [-0.05, 0) is 17.2 Å². The highest BCUT2D eigenvalue weighted by molar-refractivity contribution is 5.40. The lowest BCUT2D eigenvalue weighted by atomic mass is 10.1. The summed E-state index contributed by atoms with van der Waals surface area (Å²) in [5, 5.41) is 8.72. The predicted octanol–water partition coefficient (Wildman–Crippen LogP) is 0.476. The number of benzene rings is 1. The van der Waals surface area contributed by atoms with E-state index in [9.17, 15) is 0 Å². The summed E-state index contributed by atoms with van der Waals surface area (Å²) in [6, 6.07) is 7.61. The Kier molecular flexibility index (Phi) is 2.81. The molecule has 1 aromatic carbocycles. The van der Waals surface area contributed by atoms with Crippen LogP contribution in [0.5, 0.6) is 0 Å². The fourth-order valence-electron chi connectivity index (χ4n) is 1.03.